The van der Waals surface area contributed by atoms with E-state index in [0.717, 1.165) is 59.0 Å². The van der Waals surface area contributed by atoms with E-state index in [1.165, 1.54) is 10.4 Å². The topological polar surface area (TPSA) is 38.1 Å². The van der Waals surface area contributed by atoms with E-state index in [9.17, 15) is 4.79 Å². The van der Waals surface area contributed by atoms with Crippen molar-refractivity contribution in [1.82, 2.24) is 14.5 Å². The standard InChI is InChI=1S/C24H31N3OS2/c1-5-6-14-29-23-25-21-20(22(28)27(23)15-17-10-8-7-9-11-17)18-12-13-26(24(2,3)4)16-19(18)30-21/h7-11H,5-6,12-16H2,1-4H3. The van der Waals surface area contributed by atoms with Crippen LogP contribution >= 0.6 is 23.1 Å². The Morgan fingerprint density at radius 1 is 1.20 bits per heavy atom. The van der Waals surface area contributed by atoms with E-state index in [1.807, 2.05) is 22.8 Å². The first-order valence-electron chi connectivity index (χ1n) is 10.9. The van der Waals surface area contributed by atoms with Gasteiger partial charge in [-0.3, -0.25) is 14.3 Å². The Balaban J connectivity index is 1.79. The molecule has 0 saturated heterocycles. The zero-order valence-electron chi connectivity index (χ0n) is 18.4. The van der Waals surface area contributed by atoms with Crippen molar-refractivity contribution in [2.75, 3.05) is 12.3 Å². The van der Waals surface area contributed by atoms with Crippen LogP contribution < -0.4 is 5.56 Å². The molecule has 160 valence electrons. The average Bonchev–Trinajstić information content (AvgIpc) is 3.08. The summed E-state index contributed by atoms with van der Waals surface area (Å²) in [5.74, 6) is 0.992. The zero-order valence-corrected chi connectivity index (χ0v) is 20.0. The number of benzene rings is 1. The molecule has 30 heavy (non-hydrogen) atoms. The van der Waals surface area contributed by atoms with E-state index in [2.05, 4.69) is 44.7 Å². The van der Waals surface area contributed by atoms with Gasteiger partial charge < -0.3 is 0 Å². The molecule has 4 rings (SSSR count). The summed E-state index contributed by atoms with van der Waals surface area (Å²) >= 11 is 3.44. The third-order valence-corrected chi connectivity index (χ3v) is 7.96. The van der Waals surface area contributed by atoms with Crippen molar-refractivity contribution in [2.45, 2.75) is 70.7 Å². The quantitative estimate of drug-likeness (QED) is 0.285. The minimum atomic E-state index is 0.129. The molecule has 0 N–H and O–H groups in total. The van der Waals surface area contributed by atoms with Gasteiger partial charge in [0.25, 0.3) is 5.56 Å². The van der Waals surface area contributed by atoms with E-state index in [1.54, 1.807) is 23.1 Å². The Kier molecular flexibility index (Phi) is 6.37. The second kappa shape index (κ2) is 8.85. The molecule has 2 aromatic heterocycles. The molecule has 0 aliphatic carbocycles. The van der Waals surface area contributed by atoms with E-state index in [0.29, 0.717) is 6.54 Å². The lowest BCUT2D eigenvalue weighted by Crippen LogP contribution is -2.44. The highest BCUT2D eigenvalue weighted by atomic mass is 32.2. The van der Waals surface area contributed by atoms with Crippen LogP contribution in [-0.4, -0.2) is 32.3 Å². The summed E-state index contributed by atoms with van der Waals surface area (Å²) in [6.07, 6.45) is 3.21. The first kappa shape index (κ1) is 21.6. The molecular formula is C24H31N3OS2. The van der Waals surface area contributed by atoms with Crippen LogP contribution in [0.3, 0.4) is 0 Å². The summed E-state index contributed by atoms with van der Waals surface area (Å²) in [6.45, 7) is 11.5. The Morgan fingerprint density at radius 3 is 2.67 bits per heavy atom. The smallest absolute Gasteiger partial charge is 0.263 e. The zero-order chi connectivity index (χ0) is 21.3. The van der Waals surface area contributed by atoms with Crippen LogP contribution in [0.5, 0.6) is 0 Å². The molecule has 3 aromatic rings. The predicted octanol–water partition coefficient (Wildman–Crippen LogP) is 5.56. The number of aromatic nitrogens is 2. The Morgan fingerprint density at radius 2 is 1.97 bits per heavy atom. The van der Waals surface area contributed by atoms with Gasteiger partial charge in [0.2, 0.25) is 0 Å². The van der Waals surface area contributed by atoms with Crippen LogP contribution in [0.15, 0.2) is 40.3 Å². The number of hydrogen-bond acceptors (Lipinski definition) is 5. The first-order chi connectivity index (χ1) is 14.4. The van der Waals surface area contributed by atoms with Crippen LogP contribution in [0.4, 0.5) is 0 Å². The van der Waals surface area contributed by atoms with Gasteiger partial charge in [-0.05, 0) is 44.7 Å². The van der Waals surface area contributed by atoms with Crippen LogP contribution in [0, 0.1) is 0 Å². The molecule has 0 spiro atoms. The minimum Gasteiger partial charge on any atom is -0.293 e. The fraction of sp³-hybridized carbons (Fsp3) is 0.500. The second-order valence-corrected chi connectivity index (χ2v) is 11.1. The molecule has 1 aliphatic heterocycles. The first-order valence-corrected chi connectivity index (χ1v) is 12.7. The normalized spacial score (nSPS) is 14.9. The van der Waals surface area contributed by atoms with Crippen molar-refractivity contribution in [3.63, 3.8) is 0 Å². The average molecular weight is 442 g/mol. The summed E-state index contributed by atoms with van der Waals surface area (Å²) in [5, 5.41) is 1.72. The van der Waals surface area contributed by atoms with Gasteiger partial charge in [-0.15, -0.1) is 11.3 Å². The Bertz CT molecular complexity index is 1080. The summed E-state index contributed by atoms with van der Waals surface area (Å²) in [4.78, 5) is 23.5. The summed E-state index contributed by atoms with van der Waals surface area (Å²) in [5.41, 5.74) is 2.64. The van der Waals surface area contributed by atoms with Gasteiger partial charge in [0, 0.05) is 29.3 Å². The number of hydrogen-bond donors (Lipinski definition) is 0. The maximum Gasteiger partial charge on any atom is 0.263 e. The highest BCUT2D eigenvalue weighted by Crippen LogP contribution is 2.35. The molecule has 0 bridgehead atoms. The largest absolute Gasteiger partial charge is 0.293 e. The Labute approximate surface area is 187 Å². The Hall–Kier alpha value is -1.63. The van der Waals surface area contributed by atoms with Gasteiger partial charge in [-0.25, -0.2) is 4.98 Å². The van der Waals surface area contributed by atoms with Crippen LogP contribution in [0.25, 0.3) is 10.2 Å². The molecule has 0 radical (unpaired) electrons. The molecule has 0 unspecified atom stereocenters. The van der Waals surface area contributed by atoms with Crippen LogP contribution in [-0.2, 0) is 19.5 Å². The van der Waals surface area contributed by atoms with Gasteiger partial charge in [0.15, 0.2) is 5.16 Å². The molecule has 0 fully saturated rings. The molecule has 3 heterocycles. The number of thioether (sulfide) groups is 1. The van der Waals surface area contributed by atoms with E-state index in [-0.39, 0.29) is 11.1 Å². The molecule has 6 heteroatoms. The second-order valence-electron chi connectivity index (χ2n) is 9.00. The van der Waals surface area contributed by atoms with Crippen molar-refractivity contribution < 1.29 is 0 Å². The molecular weight excluding hydrogens is 410 g/mol. The van der Waals surface area contributed by atoms with Crippen LogP contribution in [0.2, 0.25) is 0 Å². The molecule has 0 saturated carbocycles. The lowest BCUT2D eigenvalue weighted by Gasteiger charge is -2.38. The summed E-state index contributed by atoms with van der Waals surface area (Å²) in [7, 11) is 0. The summed E-state index contributed by atoms with van der Waals surface area (Å²) < 4.78 is 1.90. The molecule has 4 nitrogen and oxygen atoms in total. The third kappa shape index (κ3) is 4.36. The predicted molar refractivity (Wildman–Crippen MR) is 129 cm³/mol. The number of nitrogens with zero attached hydrogens (tertiary/aromatic N) is 3. The van der Waals surface area contributed by atoms with E-state index in [4.69, 9.17) is 4.98 Å². The number of thiophene rings is 1. The fourth-order valence-corrected chi connectivity index (χ4v) is 6.31. The van der Waals surface area contributed by atoms with Crippen molar-refractivity contribution in [2.24, 2.45) is 0 Å². The number of unbranched alkanes of at least 4 members (excludes halogenated alkanes) is 1. The van der Waals surface area contributed by atoms with Gasteiger partial charge in [-0.1, -0.05) is 55.4 Å². The van der Waals surface area contributed by atoms with E-state index < -0.39 is 0 Å². The third-order valence-electron chi connectivity index (χ3n) is 5.79. The monoisotopic (exact) mass is 441 g/mol. The molecule has 1 aromatic carbocycles. The highest BCUT2D eigenvalue weighted by Gasteiger charge is 2.30. The summed E-state index contributed by atoms with van der Waals surface area (Å²) in [6, 6.07) is 10.2. The van der Waals surface area contributed by atoms with Crippen molar-refractivity contribution >= 4 is 33.3 Å². The molecule has 0 amide bonds. The number of rotatable bonds is 6. The van der Waals surface area contributed by atoms with Gasteiger partial charge in [0.1, 0.15) is 4.83 Å². The number of fused-ring (bicyclic) bond motifs is 3. The van der Waals surface area contributed by atoms with Crippen molar-refractivity contribution in [1.29, 1.82) is 0 Å². The molecule has 0 atom stereocenters. The lowest BCUT2D eigenvalue weighted by atomic mass is 9.99. The van der Waals surface area contributed by atoms with Crippen molar-refractivity contribution in [3.05, 3.63) is 56.7 Å². The minimum absolute atomic E-state index is 0.129. The van der Waals surface area contributed by atoms with Gasteiger partial charge in [-0.2, -0.15) is 0 Å². The van der Waals surface area contributed by atoms with Gasteiger partial charge in [0.05, 0.1) is 11.9 Å². The lowest BCUT2D eigenvalue weighted by molar-refractivity contribution is 0.123. The SMILES string of the molecule is CCCCSc1nc2sc3c(c2c(=O)n1Cc1ccccc1)CCN(C(C)(C)C)C3. The van der Waals surface area contributed by atoms with E-state index >= 15 is 0 Å². The maximum atomic E-state index is 13.7. The molecule has 1 aliphatic rings. The highest BCUT2D eigenvalue weighted by molar-refractivity contribution is 7.99. The van der Waals surface area contributed by atoms with Gasteiger partial charge >= 0.3 is 0 Å². The fourth-order valence-electron chi connectivity index (χ4n) is 3.95. The van der Waals surface area contributed by atoms with Crippen molar-refractivity contribution in [3.8, 4) is 0 Å². The van der Waals surface area contributed by atoms with Crippen LogP contribution in [0.1, 0.15) is 56.5 Å². The maximum absolute atomic E-state index is 13.7.